The number of carbonyl (C=O) groups excluding carboxylic acids is 1. The minimum absolute atomic E-state index is 0.165. The lowest BCUT2D eigenvalue weighted by atomic mass is 10.1. The van der Waals surface area contributed by atoms with Gasteiger partial charge in [-0.05, 0) is 5.56 Å². The second-order valence-electron chi connectivity index (χ2n) is 6.20. The molecule has 0 saturated heterocycles. The molecule has 0 fully saturated rings. The van der Waals surface area contributed by atoms with Crippen molar-refractivity contribution in [1.82, 2.24) is 20.5 Å². The van der Waals surface area contributed by atoms with E-state index in [1.807, 2.05) is 0 Å². The molecule has 3 N–H and O–H groups in total. The van der Waals surface area contributed by atoms with E-state index in [9.17, 15) is 13.6 Å². The maximum absolute atomic E-state index is 12.5. The third-order valence-electron chi connectivity index (χ3n) is 4.20. The van der Waals surface area contributed by atoms with Crippen molar-refractivity contribution in [2.45, 2.75) is 19.3 Å². The lowest BCUT2D eigenvalue weighted by Gasteiger charge is -2.19. The number of ether oxygens (including phenoxy) is 3. The zero-order valence-electron chi connectivity index (χ0n) is 16.3. The Balaban J connectivity index is 1.79. The smallest absolute Gasteiger partial charge is 0.345 e. The van der Waals surface area contributed by atoms with Gasteiger partial charge in [0.2, 0.25) is 5.88 Å². The van der Waals surface area contributed by atoms with Gasteiger partial charge in [0.05, 0.1) is 43.0 Å². The number of amides is 2. The van der Waals surface area contributed by atoms with Crippen LogP contribution >= 0.6 is 0 Å². The normalized spacial score (nSPS) is 12.2. The topological polar surface area (TPSA) is 110 Å². The molecule has 11 heteroatoms. The molecule has 9 nitrogen and oxygen atoms in total. The molecule has 1 aromatic carbocycles. The van der Waals surface area contributed by atoms with Crippen LogP contribution in [0.5, 0.6) is 5.88 Å². The van der Waals surface area contributed by atoms with Crippen molar-refractivity contribution < 1.29 is 27.8 Å². The summed E-state index contributed by atoms with van der Waals surface area (Å²) in [7, 11) is 3.00. The van der Waals surface area contributed by atoms with E-state index >= 15 is 0 Å². The number of halogens is 2. The van der Waals surface area contributed by atoms with Crippen molar-refractivity contribution in [3.05, 3.63) is 47.7 Å². The highest BCUT2D eigenvalue weighted by molar-refractivity contribution is 5.93. The van der Waals surface area contributed by atoms with Gasteiger partial charge in [-0.3, -0.25) is 10.4 Å². The van der Waals surface area contributed by atoms with Crippen molar-refractivity contribution >= 4 is 22.8 Å². The Morgan fingerprint density at radius 3 is 2.67 bits per heavy atom. The van der Waals surface area contributed by atoms with Crippen LogP contribution in [0.2, 0.25) is 0 Å². The molecule has 30 heavy (non-hydrogen) atoms. The van der Waals surface area contributed by atoms with Crippen molar-refractivity contribution in [3.8, 4) is 5.88 Å². The van der Waals surface area contributed by atoms with Crippen LogP contribution in [0.25, 0.3) is 10.9 Å². The third-order valence-corrected chi connectivity index (χ3v) is 4.20. The van der Waals surface area contributed by atoms with Crippen LogP contribution in [-0.4, -0.2) is 48.7 Å². The fraction of sp³-hybridized carbons (Fsp3) is 0.316. The molecular formula is C19H21F2N5O4. The van der Waals surface area contributed by atoms with E-state index in [1.54, 1.807) is 36.4 Å². The lowest BCUT2D eigenvalue weighted by Crippen LogP contribution is -2.35. The molecule has 2 heterocycles. The number of urea groups is 1. The number of carbonyl (C=O) groups is 1. The van der Waals surface area contributed by atoms with Gasteiger partial charge in [-0.15, -0.1) is 5.10 Å². The first kappa shape index (κ1) is 21.4. The first-order valence-corrected chi connectivity index (χ1v) is 8.95. The summed E-state index contributed by atoms with van der Waals surface area (Å²) in [5.41, 5.74) is 1.72. The zero-order chi connectivity index (χ0) is 21.5. The maximum atomic E-state index is 12.5. The number of rotatable bonds is 9. The van der Waals surface area contributed by atoms with Crippen LogP contribution < -0.4 is 15.4 Å². The summed E-state index contributed by atoms with van der Waals surface area (Å²) in [6.07, 6.45) is 0. The van der Waals surface area contributed by atoms with Gasteiger partial charge < -0.3 is 19.5 Å². The van der Waals surface area contributed by atoms with E-state index in [0.717, 1.165) is 0 Å². The lowest BCUT2D eigenvalue weighted by molar-refractivity contribution is -0.133. The molecule has 0 unspecified atom stereocenters. The largest absolute Gasteiger partial charge is 0.479 e. The molecule has 2 aromatic heterocycles. The summed E-state index contributed by atoms with van der Waals surface area (Å²) in [4.78, 5) is 16.9. The van der Waals surface area contributed by atoms with Crippen LogP contribution in [0, 0.1) is 0 Å². The summed E-state index contributed by atoms with van der Waals surface area (Å²) in [6, 6.07) is 8.83. The van der Waals surface area contributed by atoms with Crippen LogP contribution in [0.4, 0.5) is 19.4 Å². The van der Waals surface area contributed by atoms with Gasteiger partial charge in [-0.25, -0.2) is 9.78 Å². The van der Waals surface area contributed by atoms with E-state index in [2.05, 4.69) is 30.6 Å². The number of hydrogen-bond donors (Lipinski definition) is 3. The Morgan fingerprint density at radius 2 is 2.00 bits per heavy atom. The number of anilines is 1. The number of benzene rings is 1. The number of hydrogen-bond acceptors (Lipinski definition) is 6. The molecule has 0 saturated carbocycles. The highest BCUT2D eigenvalue weighted by Crippen LogP contribution is 2.28. The molecule has 1 atom stereocenters. The highest BCUT2D eigenvalue weighted by Gasteiger charge is 2.19. The Bertz CT molecular complexity index is 984. The van der Waals surface area contributed by atoms with Gasteiger partial charge in [-0.1, -0.05) is 30.3 Å². The molecule has 0 aliphatic heterocycles. The molecule has 3 aromatic rings. The second-order valence-corrected chi connectivity index (χ2v) is 6.20. The quantitative estimate of drug-likeness (QED) is 0.489. The molecule has 0 aliphatic rings. The number of aromatic nitrogens is 3. The number of nitrogens with zero attached hydrogens (tertiary/aromatic N) is 2. The molecule has 0 aliphatic carbocycles. The van der Waals surface area contributed by atoms with Crippen LogP contribution in [0.15, 0.2) is 36.4 Å². The average Bonchev–Trinajstić information content (AvgIpc) is 3.15. The van der Waals surface area contributed by atoms with Gasteiger partial charge in [0.1, 0.15) is 5.82 Å². The summed E-state index contributed by atoms with van der Waals surface area (Å²) in [6.45, 7) is -3.18. The number of pyridine rings is 1. The van der Waals surface area contributed by atoms with E-state index in [-0.39, 0.29) is 12.4 Å². The minimum Gasteiger partial charge on any atom is -0.479 e. The van der Waals surface area contributed by atoms with Crippen molar-refractivity contribution in [3.63, 3.8) is 0 Å². The highest BCUT2D eigenvalue weighted by atomic mass is 19.3. The Labute approximate surface area is 170 Å². The van der Waals surface area contributed by atoms with Gasteiger partial charge in [-0.2, -0.15) is 8.78 Å². The van der Waals surface area contributed by atoms with E-state index in [0.29, 0.717) is 28.0 Å². The summed E-state index contributed by atoms with van der Waals surface area (Å²) in [5, 5.41) is 12.7. The number of methoxy groups -OCH3 is 2. The van der Waals surface area contributed by atoms with Crippen molar-refractivity contribution in [2.24, 2.45) is 0 Å². The zero-order valence-corrected chi connectivity index (χ0v) is 16.3. The third kappa shape index (κ3) is 5.19. The minimum atomic E-state index is -2.95. The number of aromatic amines is 1. The number of H-pyrrole nitrogens is 1. The summed E-state index contributed by atoms with van der Waals surface area (Å²) >= 11 is 0. The second kappa shape index (κ2) is 9.94. The molecule has 2 amide bonds. The predicted octanol–water partition coefficient (Wildman–Crippen LogP) is 3.21. The Kier molecular flexibility index (Phi) is 7.09. The van der Waals surface area contributed by atoms with E-state index in [4.69, 9.17) is 9.47 Å². The predicted molar refractivity (Wildman–Crippen MR) is 104 cm³/mol. The van der Waals surface area contributed by atoms with Crippen LogP contribution in [0.3, 0.4) is 0 Å². The molecular weight excluding hydrogens is 400 g/mol. The molecule has 0 bridgehead atoms. The fourth-order valence-electron chi connectivity index (χ4n) is 2.93. The molecule has 0 radical (unpaired) electrons. The first-order valence-electron chi connectivity index (χ1n) is 8.95. The van der Waals surface area contributed by atoms with Crippen molar-refractivity contribution in [1.29, 1.82) is 0 Å². The van der Waals surface area contributed by atoms with Crippen LogP contribution in [0.1, 0.15) is 17.3 Å². The SMILES string of the molecule is COCc1nc(NC(=O)N[C@H](COC(F)F)c2ccccc2)cc2[nH]nc(OC)c12. The molecule has 3 rings (SSSR count). The number of nitrogens with one attached hydrogen (secondary N) is 3. The Morgan fingerprint density at radius 1 is 1.23 bits per heavy atom. The first-order chi connectivity index (χ1) is 14.5. The van der Waals surface area contributed by atoms with Crippen molar-refractivity contribution in [2.75, 3.05) is 26.1 Å². The maximum Gasteiger partial charge on any atom is 0.345 e. The van der Waals surface area contributed by atoms with Gasteiger partial charge in [0.25, 0.3) is 0 Å². The fourth-order valence-corrected chi connectivity index (χ4v) is 2.93. The standard InChI is InChI=1S/C19H21F2N5O4/c1-28-9-14-16-12(25-26-17(16)29-2)8-15(22-14)24-19(27)23-13(10-30-18(20)21)11-6-4-3-5-7-11/h3-8,13,18H,9-10H2,1-2H3,(H,25,26)(H2,22,23,24,27)/t13-/m1/s1. The summed E-state index contributed by atoms with van der Waals surface area (Å²) < 4.78 is 39.8. The number of alkyl halides is 2. The van der Waals surface area contributed by atoms with Gasteiger partial charge in [0.15, 0.2) is 0 Å². The molecule has 0 spiro atoms. The van der Waals surface area contributed by atoms with Gasteiger partial charge >= 0.3 is 12.6 Å². The molecule has 160 valence electrons. The monoisotopic (exact) mass is 421 g/mol. The Hall–Kier alpha value is -3.31. The van der Waals surface area contributed by atoms with E-state index < -0.39 is 25.3 Å². The van der Waals surface area contributed by atoms with E-state index in [1.165, 1.54) is 14.2 Å². The van der Waals surface area contributed by atoms with Crippen LogP contribution in [-0.2, 0) is 16.1 Å². The average molecular weight is 421 g/mol. The summed E-state index contributed by atoms with van der Waals surface area (Å²) in [5.74, 6) is 0.578. The number of fused-ring (bicyclic) bond motifs is 1. The van der Waals surface area contributed by atoms with Gasteiger partial charge in [0, 0.05) is 13.2 Å².